The Kier molecular flexibility index (Phi) is 3.80. The first kappa shape index (κ1) is 11.0. The molecule has 16 heavy (non-hydrogen) atoms. The minimum absolute atomic E-state index is 0.463. The smallest absolute Gasteiger partial charge is 0.129 e. The van der Waals surface area contributed by atoms with Crippen LogP contribution in [-0.4, -0.2) is 7.05 Å². The van der Waals surface area contributed by atoms with Crippen LogP contribution in [0.1, 0.15) is 17.3 Å². The number of rotatable bonds is 6. The predicted octanol–water partition coefficient (Wildman–Crippen LogP) is 2.31. The van der Waals surface area contributed by atoms with Gasteiger partial charge in [0.15, 0.2) is 0 Å². The van der Waals surface area contributed by atoms with Crippen molar-refractivity contribution in [3.8, 4) is 0 Å². The zero-order valence-electron chi connectivity index (χ0n) is 9.23. The van der Waals surface area contributed by atoms with Crippen molar-refractivity contribution in [1.29, 1.82) is 0 Å². The third-order valence-electron chi connectivity index (χ3n) is 2.14. The fourth-order valence-electron chi connectivity index (χ4n) is 1.42. The van der Waals surface area contributed by atoms with E-state index in [1.165, 1.54) is 0 Å². The van der Waals surface area contributed by atoms with E-state index >= 15 is 0 Å². The summed E-state index contributed by atoms with van der Waals surface area (Å²) in [6, 6.07) is 7.60. The van der Waals surface area contributed by atoms with Crippen LogP contribution in [0.15, 0.2) is 39.4 Å². The minimum Gasteiger partial charge on any atom is -0.467 e. The van der Waals surface area contributed by atoms with Crippen LogP contribution in [0.3, 0.4) is 0 Å². The summed E-state index contributed by atoms with van der Waals surface area (Å²) in [7, 11) is 1.88. The molecule has 0 bridgehead atoms. The Balaban J connectivity index is 1.76. The second kappa shape index (κ2) is 5.53. The topological polar surface area (TPSA) is 47.5 Å². The van der Waals surface area contributed by atoms with Gasteiger partial charge in [-0.05, 0) is 31.3 Å². The monoisotopic (exact) mass is 221 g/mol. The van der Waals surface area contributed by atoms with Gasteiger partial charge >= 0.3 is 0 Å². The van der Waals surface area contributed by atoms with Crippen molar-refractivity contribution in [3.05, 3.63) is 47.8 Å². The van der Waals surface area contributed by atoms with E-state index in [2.05, 4.69) is 5.32 Å². The van der Waals surface area contributed by atoms with Crippen molar-refractivity contribution in [3.63, 3.8) is 0 Å². The van der Waals surface area contributed by atoms with Gasteiger partial charge in [-0.15, -0.1) is 0 Å². The number of ether oxygens (including phenoxy) is 1. The summed E-state index contributed by atoms with van der Waals surface area (Å²) in [5.41, 5.74) is 0. The van der Waals surface area contributed by atoms with E-state index < -0.39 is 0 Å². The maximum atomic E-state index is 5.53. The molecule has 0 amide bonds. The molecule has 2 heterocycles. The van der Waals surface area contributed by atoms with Gasteiger partial charge in [0.25, 0.3) is 0 Å². The van der Waals surface area contributed by atoms with E-state index in [0.29, 0.717) is 13.2 Å². The van der Waals surface area contributed by atoms with Crippen molar-refractivity contribution < 1.29 is 13.6 Å². The fourth-order valence-corrected chi connectivity index (χ4v) is 1.42. The average molecular weight is 221 g/mol. The molecule has 0 aliphatic heterocycles. The Morgan fingerprint density at radius 1 is 1.12 bits per heavy atom. The molecule has 0 unspecified atom stereocenters. The first-order valence-corrected chi connectivity index (χ1v) is 5.21. The van der Waals surface area contributed by atoms with Crippen molar-refractivity contribution in [1.82, 2.24) is 5.32 Å². The van der Waals surface area contributed by atoms with Gasteiger partial charge in [-0.3, -0.25) is 0 Å². The highest BCUT2D eigenvalue weighted by atomic mass is 16.5. The highest BCUT2D eigenvalue weighted by molar-refractivity contribution is 5.06. The van der Waals surface area contributed by atoms with Gasteiger partial charge in [0.05, 0.1) is 12.8 Å². The maximum absolute atomic E-state index is 5.53. The molecule has 2 aromatic rings. The molecule has 0 aliphatic rings. The van der Waals surface area contributed by atoms with Crippen molar-refractivity contribution >= 4 is 0 Å². The maximum Gasteiger partial charge on any atom is 0.129 e. The lowest BCUT2D eigenvalue weighted by Crippen LogP contribution is -2.03. The minimum atomic E-state index is 0.463. The molecule has 4 heteroatoms. The van der Waals surface area contributed by atoms with Crippen LogP contribution in [-0.2, 0) is 24.5 Å². The third kappa shape index (κ3) is 2.98. The average Bonchev–Trinajstić information content (AvgIpc) is 2.90. The van der Waals surface area contributed by atoms with Crippen LogP contribution in [0.25, 0.3) is 0 Å². The SMILES string of the molecule is CNCc1ccc(COCc2ccco2)o1. The van der Waals surface area contributed by atoms with E-state index in [9.17, 15) is 0 Å². The standard InChI is InChI=1S/C12H15NO3/c1-13-7-10-4-5-12(16-10)9-14-8-11-3-2-6-15-11/h2-6,13H,7-9H2,1H3. The summed E-state index contributed by atoms with van der Waals surface area (Å²) in [6.45, 7) is 1.66. The van der Waals surface area contributed by atoms with Gasteiger partial charge in [0, 0.05) is 0 Å². The van der Waals surface area contributed by atoms with Gasteiger partial charge in [-0.2, -0.15) is 0 Å². The first-order valence-electron chi connectivity index (χ1n) is 5.21. The summed E-state index contributed by atoms with van der Waals surface area (Å²) in [4.78, 5) is 0. The molecule has 0 fully saturated rings. The third-order valence-corrected chi connectivity index (χ3v) is 2.14. The van der Waals surface area contributed by atoms with E-state index in [1.54, 1.807) is 6.26 Å². The Morgan fingerprint density at radius 2 is 1.94 bits per heavy atom. The zero-order valence-corrected chi connectivity index (χ0v) is 9.23. The summed E-state index contributed by atoms with van der Waals surface area (Å²) < 4.78 is 16.1. The van der Waals surface area contributed by atoms with E-state index in [1.807, 2.05) is 31.3 Å². The quantitative estimate of drug-likeness (QED) is 0.813. The highest BCUT2D eigenvalue weighted by Gasteiger charge is 2.02. The van der Waals surface area contributed by atoms with Crippen molar-refractivity contribution in [2.45, 2.75) is 19.8 Å². The van der Waals surface area contributed by atoms with Gasteiger partial charge < -0.3 is 18.9 Å². The van der Waals surface area contributed by atoms with Crippen molar-refractivity contribution in [2.75, 3.05) is 7.05 Å². The fraction of sp³-hybridized carbons (Fsp3) is 0.333. The van der Waals surface area contributed by atoms with E-state index in [4.69, 9.17) is 13.6 Å². The van der Waals surface area contributed by atoms with Crippen LogP contribution >= 0.6 is 0 Å². The Morgan fingerprint density at radius 3 is 2.69 bits per heavy atom. The number of hydrogen-bond donors (Lipinski definition) is 1. The molecule has 0 saturated carbocycles. The molecule has 0 atom stereocenters. The Labute approximate surface area is 94.2 Å². The number of nitrogens with one attached hydrogen (secondary N) is 1. The summed E-state index contributed by atoms with van der Waals surface area (Å²) >= 11 is 0. The van der Waals surface area contributed by atoms with Crippen LogP contribution in [0, 0.1) is 0 Å². The number of furan rings is 2. The molecule has 0 radical (unpaired) electrons. The van der Waals surface area contributed by atoms with E-state index in [-0.39, 0.29) is 0 Å². The summed E-state index contributed by atoms with van der Waals surface area (Å²) in [6.07, 6.45) is 1.64. The van der Waals surface area contributed by atoms with Gasteiger partial charge in [0.1, 0.15) is 30.5 Å². The van der Waals surface area contributed by atoms with Gasteiger partial charge in [0.2, 0.25) is 0 Å². The Bertz CT molecular complexity index is 406. The van der Waals surface area contributed by atoms with Gasteiger partial charge in [-0.25, -0.2) is 0 Å². The molecule has 86 valence electrons. The second-order valence-corrected chi connectivity index (χ2v) is 3.47. The molecule has 0 aliphatic carbocycles. The number of hydrogen-bond acceptors (Lipinski definition) is 4. The first-order chi connectivity index (χ1) is 7.88. The van der Waals surface area contributed by atoms with Crippen LogP contribution < -0.4 is 5.32 Å². The molecule has 0 spiro atoms. The largest absolute Gasteiger partial charge is 0.467 e. The molecule has 0 aromatic carbocycles. The van der Waals surface area contributed by atoms with Gasteiger partial charge in [-0.1, -0.05) is 0 Å². The van der Waals surface area contributed by atoms with Crippen LogP contribution in [0.4, 0.5) is 0 Å². The molecule has 4 nitrogen and oxygen atoms in total. The summed E-state index contributed by atoms with van der Waals surface area (Å²) in [5, 5.41) is 3.03. The lowest BCUT2D eigenvalue weighted by atomic mass is 10.4. The van der Waals surface area contributed by atoms with E-state index in [0.717, 1.165) is 23.8 Å². The predicted molar refractivity (Wildman–Crippen MR) is 58.7 cm³/mol. The van der Waals surface area contributed by atoms with Crippen LogP contribution in [0.5, 0.6) is 0 Å². The molecule has 0 saturated heterocycles. The second-order valence-electron chi connectivity index (χ2n) is 3.47. The zero-order chi connectivity index (χ0) is 11.2. The molecular weight excluding hydrogens is 206 g/mol. The molecule has 2 aromatic heterocycles. The Hall–Kier alpha value is -1.52. The normalized spacial score (nSPS) is 10.8. The lowest BCUT2D eigenvalue weighted by Gasteiger charge is -1.99. The van der Waals surface area contributed by atoms with Crippen LogP contribution in [0.2, 0.25) is 0 Å². The molecule has 1 N–H and O–H groups in total. The van der Waals surface area contributed by atoms with Crippen molar-refractivity contribution in [2.24, 2.45) is 0 Å². The lowest BCUT2D eigenvalue weighted by molar-refractivity contribution is 0.0795. The molecule has 2 rings (SSSR count). The highest BCUT2D eigenvalue weighted by Crippen LogP contribution is 2.10. The molecular formula is C12H15NO3. The summed E-state index contributed by atoms with van der Waals surface area (Å²) in [5.74, 6) is 2.57.